The molecule has 2 aliphatic rings. The maximum absolute atomic E-state index is 13.1. The van der Waals surface area contributed by atoms with E-state index < -0.39 is 17.2 Å². The molecule has 1 N–H and O–H groups in total. The molecule has 2 bridgehead atoms. The lowest BCUT2D eigenvalue weighted by atomic mass is 9.91. The second kappa shape index (κ2) is 8.47. The second-order valence-electron chi connectivity index (χ2n) is 9.52. The van der Waals surface area contributed by atoms with Gasteiger partial charge >= 0.3 is 5.97 Å². The summed E-state index contributed by atoms with van der Waals surface area (Å²) in [6.07, 6.45) is 3.85. The van der Waals surface area contributed by atoms with Crippen LogP contribution in [-0.4, -0.2) is 43.7 Å². The molecule has 0 saturated carbocycles. The fourth-order valence-corrected chi connectivity index (χ4v) is 5.34. The number of carboxylic acid groups (broad SMARTS) is 1. The van der Waals surface area contributed by atoms with Crippen LogP contribution < -0.4 is 5.56 Å². The van der Waals surface area contributed by atoms with Crippen molar-refractivity contribution < 1.29 is 9.90 Å². The third-order valence-corrected chi connectivity index (χ3v) is 6.60. The summed E-state index contributed by atoms with van der Waals surface area (Å²) >= 11 is 0. The average molecular weight is 422 g/mol. The van der Waals surface area contributed by atoms with E-state index in [0.717, 1.165) is 31.2 Å². The molecule has 0 amide bonds. The number of piperidine rings is 1. The quantitative estimate of drug-likeness (QED) is 0.757. The van der Waals surface area contributed by atoms with Crippen LogP contribution in [0.1, 0.15) is 69.9 Å². The normalized spacial score (nSPS) is 24.4. The molecule has 2 fully saturated rings. The molecule has 6 heteroatoms. The van der Waals surface area contributed by atoms with E-state index in [4.69, 9.17) is 0 Å². The number of hydrogen-bond donors (Lipinski definition) is 1. The van der Waals surface area contributed by atoms with Gasteiger partial charge in [-0.25, -0.2) is 9.78 Å². The number of carboxylic acids is 1. The smallest absolute Gasteiger partial charge is 0.360 e. The third-order valence-electron chi connectivity index (χ3n) is 6.60. The van der Waals surface area contributed by atoms with Gasteiger partial charge in [0.25, 0.3) is 5.56 Å². The fraction of sp³-hybridized carbons (Fsp3) is 0.560. The standard InChI is InChI=1S/C25H31N3O3/c1-15(2)9-12-21(16(3)4)27-17-10-11-18(27)14-19(13-17)28-22-8-6-5-7-20(22)26-23(24(28)29)25(30)31/h5-8,15-19,21H,10-11,13-14H2,1-4H3,(H,30,31)/t17-,18+,19?,21?. The largest absolute Gasteiger partial charge is 0.476 e. The molecule has 1 aromatic carbocycles. The fourth-order valence-electron chi connectivity index (χ4n) is 5.34. The highest BCUT2D eigenvalue weighted by atomic mass is 16.4. The van der Waals surface area contributed by atoms with Crippen molar-refractivity contribution in [2.45, 2.75) is 77.5 Å². The minimum Gasteiger partial charge on any atom is -0.476 e. The highest BCUT2D eigenvalue weighted by molar-refractivity contribution is 5.88. The number of aromatic carboxylic acids is 1. The van der Waals surface area contributed by atoms with Gasteiger partial charge in [-0.2, -0.15) is 0 Å². The van der Waals surface area contributed by atoms with Gasteiger partial charge in [0.1, 0.15) is 0 Å². The highest BCUT2D eigenvalue weighted by Gasteiger charge is 2.45. The summed E-state index contributed by atoms with van der Waals surface area (Å²) in [5.41, 5.74) is 0.382. The number of fused-ring (bicyclic) bond motifs is 3. The van der Waals surface area contributed by atoms with E-state index in [0.29, 0.717) is 29.4 Å². The van der Waals surface area contributed by atoms with Crippen molar-refractivity contribution in [2.75, 3.05) is 0 Å². The van der Waals surface area contributed by atoms with Crippen LogP contribution in [0.4, 0.5) is 0 Å². The molecule has 31 heavy (non-hydrogen) atoms. The zero-order chi connectivity index (χ0) is 22.3. The summed E-state index contributed by atoms with van der Waals surface area (Å²) in [7, 11) is 0. The Kier molecular flexibility index (Phi) is 5.90. The number of nitrogens with zero attached hydrogens (tertiary/aromatic N) is 3. The first-order valence-electron chi connectivity index (χ1n) is 11.3. The second-order valence-corrected chi connectivity index (χ2v) is 9.52. The Balaban J connectivity index is 1.73. The maximum atomic E-state index is 13.1. The Morgan fingerprint density at radius 2 is 1.71 bits per heavy atom. The van der Waals surface area contributed by atoms with Crippen molar-refractivity contribution in [3.05, 3.63) is 40.3 Å². The first kappa shape index (κ1) is 21.6. The highest BCUT2D eigenvalue weighted by Crippen LogP contribution is 2.43. The van der Waals surface area contributed by atoms with E-state index in [2.05, 4.69) is 49.4 Å². The van der Waals surface area contributed by atoms with Gasteiger partial charge in [-0.3, -0.25) is 9.69 Å². The van der Waals surface area contributed by atoms with Crippen molar-refractivity contribution in [1.29, 1.82) is 0 Å². The Morgan fingerprint density at radius 3 is 2.29 bits per heavy atom. The van der Waals surface area contributed by atoms with E-state index in [1.807, 2.05) is 18.2 Å². The number of para-hydroxylation sites is 2. The molecule has 164 valence electrons. The number of rotatable bonds is 4. The van der Waals surface area contributed by atoms with Crippen molar-refractivity contribution in [2.24, 2.45) is 11.8 Å². The predicted octanol–water partition coefficient (Wildman–Crippen LogP) is 3.95. The summed E-state index contributed by atoms with van der Waals surface area (Å²) in [6.45, 7) is 8.69. The summed E-state index contributed by atoms with van der Waals surface area (Å²) in [6, 6.07) is 8.23. The molecule has 2 aliphatic heterocycles. The van der Waals surface area contributed by atoms with Crippen LogP contribution in [0, 0.1) is 23.7 Å². The van der Waals surface area contributed by atoms with E-state index in [9.17, 15) is 14.7 Å². The van der Waals surface area contributed by atoms with Crippen LogP contribution in [0.3, 0.4) is 0 Å². The molecule has 0 spiro atoms. The van der Waals surface area contributed by atoms with Crippen LogP contribution in [0.2, 0.25) is 0 Å². The zero-order valence-electron chi connectivity index (χ0n) is 18.7. The van der Waals surface area contributed by atoms with Crippen molar-refractivity contribution in [1.82, 2.24) is 14.5 Å². The molecule has 4 atom stereocenters. The lowest BCUT2D eigenvalue weighted by Crippen LogP contribution is -2.51. The van der Waals surface area contributed by atoms with Crippen LogP contribution in [0.25, 0.3) is 11.0 Å². The van der Waals surface area contributed by atoms with E-state index in [1.54, 1.807) is 10.6 Å². The number of aromatic nitrogens is 2. The van der Waals surface area contributed by atoms with Gasteiger partial charge in [-0.05, 0) is 43.7 Å². The number of benzene rings is 1. The summed E-state index contributed by atoms with van der Waals surface area (Å²) in [4.78, 5) is 31.5. The number of hydrogen-bond acceptors (Lipinski definition) is 4. The molecule has 6 nitrogen and oxygen atoms in total. The molecular formula is C25H31N3O3. The Morgan fingerprint density at radius 1 is 1.06 bits per heavy atom. The van der Waals surface area contributed by atoms with Crippen LogP contribution in [0.15, 0.2) is 29.1 Å². The molecule has 2 aromatic rings. The van der Waals surface area contributed by atoms with Gasteiger partial charge in [0.15, 0.2) is 0 Å². The average Bonchev–Trinajstić information content (AvgIpc) is 2.96. The molecule has 0 aliphatic carbocycles. The van der Waals surface area contributed by atoms with Crippen molar-refractivity contribution in [3.63, 3.8) is 0 Å². The topological polar surface area (TPSA) is 75.4 Å². The zero-order valence-corrected chi connectivity index (χ0v) is 18.7. The van der Waals surface area contributed by atoms with E-state index in [-0.39, 0.29) is 12.1 Å². The molecule has 2 saturated heterocycles. The molecule has 4 rings (SSSR count). The van der Waals surface area contributed by atoms with Crippen molar-refractivity contribution >= 4 is 17.0 Å². The molecule has 3 heterocycles. The van der Waals surface area contributed by atoms with Crippen LogP contribution in [0.5, 0.6) is 0 Å². The Bertz CT molecular complexity index is 1090. The van der Waals surface area contributed by atoms with Gasteiger partial charge in [-0.15, -0.1) is 0 Å². The summed E-state index contributed by atoms with van der Waals surface area (Å²) < 4.78 is 1.71. The molecular weight excluding hydrogens is 390 g/mol. The van der Waals surface area contributed by atoms with Crippen LogP contribution >= 0.6 is 0 Å². The lowest BCUT2D eigenvalue weighted by Gasteiger charge is -2.44. The van der Waals surface area contributed by atoms with Crippen molar-refractivity contribution in [3.8, 4) is 11.8 Å². The lowest BCUT2D eigenvalue weighted by molar-refractivity contribution is 0.0649. The summed E-state index contributed by atoms with van der Waals surface area (Å²) in [5, 5.41) is 9.54. The molecule has 2 unspecified atom stereocenters. The summed E-state index contributed by atoms with van der Waals surface area (Å²) in [5.74, 6) is 6.39. The van der Waals surface area contributed by atoms with Gasteiger partial charge < -0.3 is 9.67 Å². The van der Waals surface area contributed by atoms with E-state index >= 15 is 0 Å². The van der Waals surface area contributed by atoms with Gasteiger partial charge in [-0.1, -0.05) is 51.7 Å². The SMILES string of the molecule is CC(C)C#CC(C(C)C)N1[C@@H]2CC[C@H]1CC(n1c(=O)c(C(=O)O)nc3ccccc31)C2. The van der Waals surface area contributed by atoms with E-state index in [1.165, 1.54) is 0 Å². The van der Waals surface area contributed by atoms with Gasteiger partial charge in [0.05, 0.1) is 17.1 Å². The Hall–Kier alpha value is -2.65. The number of carbonyl (C=O) groups is 1. The minimum absolute atomic E-state index is 0.0295. The maximum Gasteiger partial charge on any atom is 0.360 e. The third kappa shape index (κ3) is 3.99. The predicted molar refractivity (Wildman–Crippen MR) is 121 cm³/mol. The first-order valence-corrected chi connectivity index (χ1v) is 11.3. The first-order chi connectivity index (χ1) is 14.8. The van der Waals surface area contributed by atoms with Gasteiger partial charge in [0, 0.05) is 24.0 Å². The Labute approximate surface area is 183 Å². The van der Waals surface area contributed by atoms with Gasteiger partial charge in [0.2, 0.25) is 5.69 Å². The van der Waals surface area contributed by atoms with Crippen LogP contribution in [-0.2, 0) is 0 Å². The monoisotopic (exact) mass is 421 g/mol. The molecule has 0 radical (unpaired) electrons. The molecule has 1 aromatic heterocycles. The minimum atomic E-state index is -1.27.